The Morgan fingerprint density at radius 1 is 1.11 bits per heavy atom. The fourth-order valence-electron chi connectivity index (χ4n) is 6.30. The molecule has 7 rings (SSSR count). The number of aromatic nitrogens is 5. The van der Waals surface area contributed by atoms with Gasteiger partial charge in [-0.2, -0.15) is 18.4 Å². The molecule has 4 aromatic rings. The Bertz CT molecular complexity index is 1870. The third-order valence-corrected chi connectivity index (χ3v) is 9.15. The summed E-state index contributed by atoms with van der Waals surface area (Å²) in [6.07, 6.45) is 2.46. The first-order chi connectivity index (χ1) is 22.6. The van der Waals surface area contributed by atoms with E-state index in [4.69, 9.17) is 9.72 Å². The van der Waals surface area contributed by atoms with E-state index < -0.39 is 17.6 Å². The van der Waals surface area contributed by atoms with Gasteiger partial charge in [0, 0.05) is 74.1 Å². The molecule has 1 saturated carbocycles. The second kappa shape index (κ2) is 12.1. The molecule has 3 aliphatic rings. The number of rotatable bonds is 9. The minimum absolute atomic E-state index is 0.0249. The number of amides is 1. The Morgan fingerprint density at radius 3 is 2.62 bits per heavy atom. The number of nitrogens with one attached hydrogen (secondary N) is 1. The lowest BCUT2D eigenvalue weighted by Gasteiger charge is -2.27. The van der Waals surface area contributed by atoms with Crippen molar-refractivity contribution in [3.8, 4) is 28.6 Å². The second-order valence-electron chi connectivity index (χ2n) is 12.4. The number of benzene rings is 1. The maximum absolute atomic E-state index is 14.5. The van der Waals surface area contributed by atoms with Crippen molar-refractivity contribution < 1.29 is 22.7 Å². The van der Waals surface area contributed by atoms with Crippen molar-refractivity contribution in [3.05, 3.63) is 71.3 Å². The van der Waals surface area contributed by atoms with Crippen LogP contribution in [0.15, 0.2) is 49.1 Å². The van der Waals surface area contributed by atoms with Crippen LogP contribution in [0, 0.1) is 16.7 Å². The first kappa shape index (κ1) is 30.8. The first-order valence-electron chi connectivity index (χ1n) is 15.4. The molecule has 14 heteroatoms. The fraction of sp³-hybridized carbons (Fsp3) is 0.394. The molecule has 47 heavy (non-hydrogen) atoms. The topological polar surface area (TPSA) is 125 Å². The number of alkyl halides is 3. The molecule has 2 fully saturated rings. The largest absolute Gasteiger partial charge is 0.416 e. The number of nitrogens with zero attached hydrogens (tertiary/aromatic N) is 8. The van der Waals surface area contributed by atoms with Gasteiger partial charge in [0.15, 0.2) is 5.82 Å². The van der Waals surface area contributed by atoms with E-state index >= 15 is 0 Å². The molecule has 2 aliphatic heterocycles. The average Bonchev–Trinajstić information content (AvgIpc) is 3.57. The summed E-state index contributed by atoms with van der Waals surface area (Å²) in [6, 6.07) is 10.3. The average molecular weight is 644 g/mol. The molecule has 3 aromatic heterocycles. The van der Waals surface area contributed by atoms with Gasteiger partial charge in [-0.15, -0.1) is 10.2 Å². The van der Waals surface area contributed by atoms with Gasteiger partial charge in [-0.25, -0.2) is 4.98 Å². The molecule has 0 bridgehead atoms. The van der Waals surface area contributed by atoms with Crippen molar-refractivity contribution in [2.45, 2.75) is 38.5 Å². The van der Waals surface area contributed by atoms with E-state index in [1.807, 2.05) is 18.0 Å². The molecule has 1 saturated heterocycles. The molecule has 242 valence electrons. The lowest BCUT2D eigenvalue weighted by molar-refractivity contribution is -0.138. The Labute approximate surface area is 269 Å². The van der Waals surface area contributed by atoms with Crippen molar-refractivity contribution in [1.29, 1.82) is 5.26 Å². The monoisotopic (exact) mass is 643 g/mol. The van der Waals surface area contributed by atoms with Crippen molar-refractivity contribution in [2.24, 2.45) is 12.5 Å². The number of hydrogen-bond donors (Lipinski definition) is 1. The van der Waals surface area contributed by atoms with Gasteiger partial charge in [0.25, 0.3) is 5.91 Å². The quantitative estimate of drug-likeness (QED) is 0.267. The number of halogens is 3. The van der Waals surface area contributed by atoms with E-state index in [9.17, 15) is 23.2 Å². The van der Waals surface area contributed by atoms with Crippen LogP contribution >= 0.6 is 0 Å². The summed E-state index contributed by atoms with van der Waals surface area (Å²) >= 11 is 0. The van der Waals surface area contributed by atoms with Gasteiger partial charge in [-0.1, -0.05) is 0 Å². The lowest BCUT2D eigenvalue weighted by atomic mass is 9.98. The molecule has 1 aromatic carbocycles. The van der Waals surface area contributed by atoms with Crippen molar-refractivity contribution in [2.75, 3.05) is 43.1 Å². The molecule has 0 atom stereocenters. The van der Waals surface area contributed by atoms with Crippen molar-refractivity contribution >= 4 is 17.5 Å². The predicted molar refractivity (Wildman–Crippen MR) is 166 cm³/mol. The second-order valence-corrected chi connectivity index (χ2v) is 12.4. The van der Waals surface area contributed by atoms with Gasteiger partial charge in [-0.3, -0.25) is 19.6 Å². The Morgan fingerprint density at radius 2 is 1.91 bits per heavy atom. The molecule has 0 unspecified atom stereocenters. The van der Waals surface area contributed by atoms with Crippen molar-refractivity contribution in [3.63, 3.8) is 0 Å². The summed E-state index contributed by atoms with van der Waals surface area (Å²) in [7, 11) is 1.82. The number of pyridine rings is 2. The van der Waals surface area contributed by atoms with Gasteiger partial charge < -0.3 is 14.6 Å². The van der Waals surface area contributed by atoms with Gasteiger partial charge in [0.05, 0.1) is 31.4 Å². The zero-order chi connectivity index (χ0) is 32.8. The third kappa shape index (κ3) is 6.16. The summed E-state index contributed by atoms with van der Waals surface area (Å²) in [6.45, 7) is 2.72. The highest BCUT2D eigenvalue weighted by molar-refractivity contribution is 6.10. The molecule has 0 spiro atoms. The van der Waals surface area contributed by atoms with Crippen LogP contribution in [-0.2, 0) is 31.1 Å². The number of carbonyl (C=O) groups excluding carboxylic acids is 1. The standard InChI is InChI=1S/C33H32F3N9O2/c1-43-20-40-42-30(43)23-2-7-38-16-25(23)22-14-28(39-19-32(3-4-32)5-6-37)41-29(15-22)45-18-26-24(31(45)46)12-21(13-27(26)33(34,35)36)17-44-8-10-47-11-9-44/h2,7,12-16,20H,3-5,8-11,17-19H2,1H3,(H,39,41). The number of carbonyl (C=O) groups is 1. The number of nitriles is 1. The van der Waals surface area contributed by atoms with Gasteiger partial charge in [0.1, 0.15) is 18.0 Å². The number of anilines is 2. The summed E-state index contributed by atoms with van der Waals surface area (Å²) < 4.78 is 50.6. The van der Waals surface area contributed by atoms with Crippen LogP contribution in [0.3, 0.4) is 0 Å². The van der Waals surface area contributed by atoms with Gasteiger partial charge in [-0.05, 0) is 59.9 Å². The zero-order valence-corrected chi connectivity index (χ0v) is 25.7. The predicted octanol–water partition coefficient (Wildman–Crippen LogP) is 5.06. The van der Waals surface area contributed by atoms with Crippen LogP contribution in [0.4, 0.5) is 24.8 Å². The molecular weight excluding hydrogens is 611 g/mol. The van der Waals surface area contributed by atoms with Gasteiger partial charge >= 0.3 is 6.18 Å². The molecule has 1 N–H and O–H groups in total. The normalized spacial score (nSPS) is 17.4. The lowest BCUT2D eigenvalue weighted by Crippen LogP contribution is -2.35. The van der Waals surface area contributed by atoms with Crippen LogP contribution in [0.1, 0.15) is 46.3 Å². The van der Waals surface area contributed by atoms with Crippen molar-refractivity contribution in [1.82, 2.24) is 29.6 Å². The fourth-order valence-corrected chi connectivity index (χ4v) is 6.30. The summed E-state index contributed by atoms with van der Waals surface area (Å²) in [5.41, 5.74) is 1.47. The Hall–Kier alpha value is -4.87. The minimum atomic E-state index is -4.65. The number of fused-ring (bicyclic) bond motifs is 1. The SMILES string of the molecule is Cn1cnnc1-c1ccncc1-c1cc(NCC2(CC#N)CC2)nc(N2Cc3c(cc(CN4CCOCC4)cc3C(F)(F)F)C2=O)c1. The molecule has 5 heterocycles. The molecule has 1 amide bonds. The number of morpholine rings is 1. The maximum atomic E-state index is 14.5. The Balaban J connectivity index is 1.29. The molecule has 1 aliphatic carbocycles. The minimum Gasteiger partial charge on any atom is -0.379 e. The van der Waals surface area contributed by atoms with Crippen LogP contribution in [0.2, 0.25) is 0 Å². The van der Waals surface area contributed by atoms with E-state index in [2.05, 4.69) is 26.6 Å². The molecule has 11 nitrogen and oxygen atoms in total. The summed E-state index contributed by atoms with van der Waals surface area (Å²) in [5.74, 6) is 0.676. The third-order valence-electron chi connectivity index (χ3n) is 9.15. The smallest absolute Gasteiger partial charge is 0.379 e. The maximum Gasteiger partial charge on any atom is 0.416 e. The van der Waals surface area contributed by atoms with Gasteiger partial charge in [0.2, 0.25) is 0 Å². The highest BCUT2D eigenvalue weighted by atomic mass is 19.4. The molecule has 0 radical (unpaired) electrons. The van der Waals surface area contributed by atoms with E-state index in [0.717, 1.165) is 24.5 Å². The van der Waals surface area contributed by atoms with Crippen LogP contribution in [-0.4, -0.2) is 68.4 Å². The van der Waals surface area contributed by atoms with Crippen LogP contribution in [0.5, 0.6) is 0 Å². The number of aryl methyl sites for hydroxylation is 1. The van der Waals surface area contributed by atoms with Crippen LogP contribution in [0.25, 0.3) is 22.5 Å². The summed E-state index contributed by atoms with van der Waals surface area (Å²) in [5, 5.41) is 20.9. The van der Waals surface area contributed by atoms with E-state index in [1.54, 1.807) is 41.5 Å². The highest BCUT2D eigenvalue weighted by Gasteiger charge is 2.43. The molecular formula is C33H32F3N9O2. The number of hydrogen-bond acceptors (Lipinski definition) is 9. The van der Waals surface area contributed by atoms with Crippen LogP contribution < -0.4 is 10.2 Å². The van der Waals surface area contributed by atoms with E-state index in [0.29, 0.717) is 67.6 Å². The Kier molecular flexibility index (Phi) is 7.89. The van der Waals surface area contributed by atoms with E-state index in [-0.39, 0.29) is 35.4 Å². The zero-order valence-electron chi connectivity index (χ0n) is 25.7. The number of ether oxygens (including phenoxy) is 1. The summed E-state index contributed by atoms with van der Waals surface area (Å²) in [4.78, 5) is 26.4. The highest BCUT2D eigenvalue weighted by Crippen LogP contribution is 2.48. The first-order valence-corrected chi connectivity index (χ1v) is 15.4. The van der Waals surface area contributed by atoms with E-state index in [1.165, 1.54) is 4.90 Å².